The predicted molar refractivity (Wildman–Crippen MR) is 52.8 cm³/mol. The molecule has 0 aliphatic carbocycles. The van der Waals surface area contributed by atoms with E-state index in [1.807, 2.05) is 20.8 Å². The van der Waals surface area contributed by atoms with Crippen molar-refractivity contribution in [3.8, 4) is 0 Å². The first-order chi connectivity index (χ1) is 6.34. The zero-order chi connectivity index (χ0) is 10.1. The van der Waals surface area contributed by atoms with Crippen molar-refractivity contribution in [1.82, 2.24) is 10.2 Å². The van der Waals surface area contributed by atoms with Gasteiger partial charge in [-0.25, -0.2) is 4.79 Å². The second-order valence-electron chi connectivity index (χ2n) is 2.43. The molecule has 1 aliphatic heterocycles. The Labute approximate surface area is 80.2 Å². The monoisotopic (exact) mass is 188 g/mol. The van der Waals surface area contributed by atoms with Gasteiger partial charge in [0.1, 0.15) is 0 Å². The highest BCUT2D eigenvalue weighted by molar-refractivity contribution is 5.74. The van der Waals surface area contributed by atoms with Gasteiger partial charge in [-0.2, -0.15) is 0 Å². The van der Waals surface area contributed by atoms with E-state index in [0.29, 0.717) is 32.8 Å². The molecule has 0 radical (unpaired) electrons. The first-order valence-electron chi connectivity index (χ1n) is 4.95. The van der Waals surface area contributed by atoms with Crippen molar-refractivity contribution in [3.05, 3.63) is 0 Å². The van der Waals surface area contributed by atoms with Crippen LogP contribution in [0.1, 0.15) is 20.8 Å². The molecule has 1 heterocycles. The lowest BCUT2D eigenvalue weighted by Crippen LogP contribution is -2.46. The molecule has 2 amide bonds. The van der Waals surface area contributed by atoms with E-state index >= 15 is 0 Å². The Balaban J connectivity index is 0.000000671. The predicted octanol–water partition coefficient (Wildman–Crippen LogP) is 1.07. The molecule has 1 fully saturated rings. The van der Waals surface area contributed by atoms with Gasteiger partial charge in [0.15, 0.2) is 0 Å². The topological polar surface area (TPSA) is 41.6 Å². The van der Waals surface area contributed by atoms with Crippen molar-refractivity contribution in [2.75, 3.05) is 32.8 Å². The maximum Gasteiger partial charge on any atom is 0.317 e. The summed E-state index contributed by atoms with van der Waals surface area (Å²) in [6.45, 7) is 9.36. The SMILES string of the molecule is CC.CCNC(=O)N1CCOCC1. The maximum absolute atomic E-state index is 11.2. The van der Waals surface area contributed by atoms with Gasteiger partial charge in [0.05, 0.1) is 13.2 Å². The average Bonchev–Trinajstić information content (AvgIpc) is 2.23. The van der Waals surface area contributed by atoms with Gasteiger partial charge in [-0.1, -0.05) is 13.8 Å². The van der Waals surface area contributed by atoms with Gasteiger partial charge in [-0.05, 0) is 6.92 Å². The van der Waals surface area contributed by atoms with Crippen molar-refractivity contribution in [1.29, 1.82) is 0 Å². The van der Waals surface area contributed by atoms with E-state index in [1.165, 1.54) is 0 Å². The summed E-state index contributed by atoms with van der Waals surface area (Å²) in [7, 11) is 0. The Morgan fingerprint density at radius 1 is 1.38 bits per heavy atom. The van der Waals surface area contributed by atoms with Crippen LogP contribution in [0.2, 0.25) is 0 Å². The Morgan fingerprint density at radius 2 is 1.92 bits per heavy atom. The van der Waals surface area contributed by atoms with Gasteiger partial charge in [0.2, 0.25) is 0 Å². The van der Waals surface area contributed by atoms with E-state index in [9.17, 15) is 4.79 Å². The number of nitrogens with one attached hydrogen (secondary N) is 1. The van der Waals surface area contributed by atoms with Crippen LogP contribution in [0.5, 0.6) is 0 Å². The highest BCUT2D eigenvalue weighted by atomic mass is 16.5. The molecular weight excluding hydrogens is 168 g/mol. The van der Waals surface area contributed by atoms with Crippen molar-refractivity contribution in [3.63, 3.8) is 0 Å². The fraction of sp³-hybridized carbons (Fsp3) is 0.889. The summed E-state index contributed by atoms with van der Waals surface area (Å²) >= 11 is 0. The van der Waals surface area contributed by atoms with Crippen LogP contribution in [-0.2, 0) is 4.74 Å². The van der Waals surface area contributed by atoms with E-state index in [2.05, 4.69) is 5.32 Å². The molecule has 1 aliphatic rings. The highest BCUT2D eigenvalue weighted by Crippen LogP contribution is 1.95. The first kappa shape index (κ1) is 12.2. The summed E-state index contributed by atoms with van der Waals surface area (Å²) in [4.78, 5) is 12.9. The molecule has 0 bridgehead atoms. The Kier molecular flexibility index (Phi) is 7.39. The third-order valence-corrected chi connectivity index (χ3v) is 1.63. The molecule has 1 rings (SSSR count). The number of rotatable bonds is 1. The third-order valence-electron chi connectivity index (χ3n) is 1.63. The fourth-order valence-electron chi connectivity index (χ4n) is 1.03. The second-order valence-corrected chi connectivity index (χ2v) is 2.43. The van der Waals surface area contributed by atoms with E-state index in [0.717, 1.165) is 0 Å². The number of urea groups is 1. The molecule has 0 aromatic rings. The number of hydrogen-bond donors (Lipinski definition) is 1. The van der Waals surface area contributed by atoms with Crippen LogP contribution >= 0.6 is 0 Å². The summed E-state index contributed by atoms with van der Waals surface area (Å²) in [6.07, 6.45) is 0. The maximum atomic E-state index is 11.2. The number of nitrogens with zero attached hydrogens (tertiary/aromatic N) is 1. The normalized spacial score (nSPS) is 15.8. The molecule has 78 valence electrons. The molecule has 4 heteroatoms. The summed E-state index contributed by atoms with van der Waals surface area (Å²) < 4.78 is 5.11. The average molecular weight is 188 g/mol. The zero-order valence-electron chi connectivity index (χ0n) is 8.80. The Bertz CT molecular complexity index is 134. The lowest BCUT2D eigenvalue weighted by molar-refractivity contribution is 0.0533. The van der Waals surface area contributed by atoms with Gasteiger partial charge in [-0.15, -0.1) is 0 Å². The third kappa shape index (κ3) is 4.72. The molecule has 0 saturated carbocycles. The van der Waals surface area contributed by atoms with Crippen LogP contribution < -0.4 is 5.32 Å². The Morgan fingerprint density at radius 3 is 2.38 bits per heavy atom. The van der Waals surface area contributed by atoms with E-state index in [1.54, 1.807) is 4.90 Å². The zero-order valence-corrected chi connectivity index (χ0v) is 8.80. The van der Waals surface area contributed by atoms with Crippen LogP contribution in [0.4, 0.5) is 4.79 Å². The minimum absolute atomic E-state index is 0.0239. The van der Waals surface area contributed by atoms with Gasteiger partial charge in [0, 0.05) is 19.6 Å². The van der Waals surface area contributed by atoms with Gasteiger partial charge < -0.3 is 15.0 Å². The number of amides is 2. The van der Waals surface area contributed by atoms with Crippen LogP contribution in [-0.4, -0.2) is 43.8 Å². The fourth-order valence-corrected chi connectivity index (χ4v) is 1.03. The number of morpholine rings is 1. The minimum Gasteiger partial charge on any atom is -0.378 e. The number of hydrogen-bond acceptors (Lipinski definition) is 2. The number of ether oxygens (including phenoxy) is 1. The lowest BCUT2D eigenvalue weighted by Gasteiger charge is -2.26. The summed E-state index contributed by atoms with van der Waals surface area (Å²) in [6, 6.07) is 0.0239. The minimum atomic E-state index is 0.0239. The van der Waals surface area contributed by atoms with E-state index < -0.39 is 0 Å². The van der Waals surface area contributed by atoms with Gasteiger partial charge in [0.25, 0.3) is 0 Å². The lowest BCUT2D eigenvalue weighted by atomic mass is 10.4. The summed E-state index contributed by atoms with van der Waals surface area (Å²) in [5.41, 5.74) is 0. The molecule has 1 saturated heterocycles. The standard InChI is InChI=1S/C7H14N2O2.C2H6/c1-2-8-7(10)9-3-5-11-6-4-9;1-2/h2-6H2,1H3,(H,8,10);1-2H3. The quantitative estimate of drug-likeness (QED) is 0.669. The summed E-state index contributed by atoms with van der Waals surface area (Å²) in [5.74, 6) is 0. The molecule has 0 aromatic heterocycles. The van der Waals surface area contributed by atoms with E-state index in [4.69, 9.17) is 4.74 Å². The first-order valence-corrected chi connectivity index (χ1v) is 4.95. The van der Waals surface area contributed by atoms with Crippen LogP contribution in [0.25, 0.3) is 0 Å². The molecule has 4 nitrogen and oxygen atoms in total. The second kappa shape index (κ2) is 7.86. The van der Waals surface area contributed by atoms with Crippen LogP contribution in [0.15, 0.2) is 0 Å². The largest absolute Gasteiger partial charge is 0.378 e. The van der Waals surface area contributed by atoms with Crippen molar-refractivity contribution in [2.45, 2.75) is 20.8 Å². The van der Waals surface area contributed by atoms with Crippen LogP contribution in [0, 0.1) is 0 Å². The summed E-state index contributed by atoms with van der Waals surface area (Å²) in [5, 5.41) is 2.75. The highest BCUT2D eigenvalue weighted by Gasteiger charge is 2.14. The molecule has 0 unspecified atom stereocenters. The van der Waals surface area contributed by atoms with Gasteiger partial charge >= 0.3 is 6.03 Å². The molecule has 0 atom stereocenters. The Hall–Kier alpha value is -0.770. The molecular formula is C9H20N2O2. The molecule has 0 aromatic carbocycles. The molecule has 1 N–H and O–H groups in total. The van der Waals surface area contributed by atoms with E-state index in [-0.39, 0.29) is 6.03 Å². The van der Waals surface area contributed by atoms with Crippen molar-refractivity contribution >= 4 is 6.03 Å². The van der Waals surface area contributed by atoms with Gasteiger partial charge in [-0.3, -0.25) is 0 Å². The van der Waals surface area contributed by atoms with Crippen molar-refractivity contribution in [2.24, 2.45) is 0 Å². The van der Waals surface area contributed by atoms with Crippen LogP contribution in [0.3, 0.4) is 0 Å². The number of carbonyl (C=O) groups excluding carboxylic acids is 1. The van der Waals surface area contributed by atoms with Crippen molar-refractivity contribution < 1.29 is 9.53 Å². The molecule has 13 heavy (non-hydrogen) atoms. The smallest absolute Gasteiger partial charge is 0.317 e. The molecule has 0 spiro atoms. The number of carbonyl (C=O) groups is 1.